The fourth-order valence-electron chi connectivity index (χ4n) is 4.16. The fraction of sp³-hybridized carbons (Fsp3) is 0.684. The van der Waals surface area contributed by atoms with Crippen molar-refractivity contribution < 1.29 is 23.0 Å². The summed E-state index contributed by atoms with van der Waals surface area (Å²) >= 11 is 0. The molecule has 2 bridgehead atoms. The fourth-order valence-corrected chi connectivity index (χ4v) is 4.16. The summed E-state index contributed by atoms with van der Waals surface area (Å²) in [5.74, 6) is -1.99. The predicted molar refractivity (Wildman–Crippen MR) is 93.4 cm³/mol. The molecule has 0 spiro atoms. The molecule has 4 heterocycles. The van der Waals surface area contributed by atoms with Crippen molar-refractivity contribution in [1.29, 1.82) is 0 Å². The second-order valence-electron chi connectivity index (χ2n) is 8.12. The Bertz CT molecular complexity index is 732. The Morgan fingerprint density at radius 1 is 1.19 bits per heavy atom. The van der Waals surface area contributed by atoms with E-state index in [-0.39, 0.29) is 31.1 Å². The molecule has 146 valence electrons. The third kappa shape index (κ3) is 3.24. The Morgan fingerprint density at radius 3 is 2.52 bits per heavy atom. The first-order valence-corrected chi connectivity index (χ1v) is 9.67. The maximum atomic E-state index is 13.3. The largest absolute Gasteiger partial charge is 0.476 e. The van der Waals surface area contributed by atoms with Gasteiger partial charge in [0.1, 0.15) is 11.4 Å². The van der Waals surface area contributed by atoms with Gasteiger partial charge in [-0.1, -0.05) is 0 Å². The van der Waals surface area contributed by atoms with Gasteiger partial charge in [-0.05, 0) is 43.7 Å². The first-order valence-electron chi connectivity index (χ1n) is 9.67. The Hall–Kier alpha value is -1.96. The van der Waals surface area contributed by atoms with Gasteiger partial charge in [0.25, 0.3) is 11.8 Å². The third-order valence-electron chi connectivity index (χ3n) is 5.87. The molecule has 4 fully saturated rings. The molecule has 1 saturated carbocycles. The van der Waals surface area contributed by atoms with Crippen molar-refractivity contribution in [2.75, 3.05) is 37.8 Å². The number of hydrogen-bond acceptors (Lipinski definition) is 5. The quantitative estimate of drug-likeness (QED) is 0.786. The highest BCUT2D eigenvalue weighted by atomic mass is 19.3. The number of anilines is 1. The molecule has 5 rings (SSSR count). The van der Waals surface area contributed by atoms with Crippen molar-refractivity contribution in [3.05, 3.63) is 17.8 Å². The number of halogens is 2. The van der Waals surface area contributed by atoms with Gasteiger partial charge in [-0.15, -0.1) is 0 Å². The summed E-state index contributed by atoms with van der Waals surface area (Å²) < 4.78 is 38.0. The van der Waals surface area contributed by atoms with Gasteiger partial charge in [0.2, 0.25) is 5.88 Å². The molecule has 3 saturated heterocycles. The summed E-state index contributed by atoms with van der Waals surface area (Å²) in [5, 5.41) is 0. The Balaban J connectivity index is 1.39. The number of pyridine rings is 1. The summed E-state index contributed by atoms with van der Waals surface area (Å²) in [5.41, 5.74) is 0.860. The minimum atomic E-state index is -2.67. The molecule has 2 atom stereocenters. The lowest BCUT2D eigenvalue weighted by atomic mass is 10.1. The van der Waals surface area contributed by atoms with E-state index in [9.17, 15) is 13.6 Å². The lowest BCUT2D eigenvalue weighted by Crippen LogP contribution is -2.56. The van der Waals surface area contributed by atoms with Crippen molar-refractivity contribution >= 4 is 11.6 Å². The van der Waals surface area contributed by atoms with Crippen molar-refractivity contribution in [2.24, 2.45) is 5.92 Å². The zero-order valence-corrected chi connectivity index (χ0v) is 15.1. The number of morpholine rings is 1. The van der Waals surface area contributed by atoms with E-state index in [0.29, 0.717) is 43.0 Å². The first-order chi connectivity index (χ1) is 13.0. The molecular formula is C19H23F2N3O3. The van der Waals surface area contributed by atoms with Crippen LogP contribution in [-0.2, 0) is 4.74 Å². The van der Waals surface area contributed by atoms with E-state index in [2.05, 4.69) is 4.98 Å². The van der Waals surface area contributed by atoms with Crippen LogP contribution < -0.4 is 9.64 Å². The van der Waals surface area contributed by atoms with Crippen LogP contribution in [0.3, 0.4) is 0 Å². The molecule has 0 radical (unpaired) electrons. The van der Waals surface area contributed by atoms with E-state index in [0.717, 1.165) is 25.7 Å². The number of hydrogen-bond donors (Lipinski definition) is 0. The number of aromatic nitrogens is 1. The summed E-state index contributed by atoms with van der Waals surface area (Å²) in [7, 11) is 0. The summed E-state index contributed by atoms with van der Waals surface area (Å²) in [6.45, 7) is 0.970. The number of amides is 1. The van der Waals surface area contributed by atoms with Gasteiger partial charge in [0, 0.05) is 0 Å². The van der Waals surface area contributed by atoms with Crippen LogP contribution in [0.5, 0.6) is 5.88 Å². The van der Waals surface area contributed by atoms with E-state index in [1.54, 1.807) is 17.0 Å². The van der Waals surface area contributed by atoms with Gasteiger partial charge >= 0.3 is 0 Å². The molecule has 1 aliphatic carbocycles. The van der Waals surface area contributed by atoms with Crippen LogP contribution in [0.4, 0.5) is 14.5 Å². The minimum Gasteiger partial charge on any atom is -0.476 e. The van der Waals surface area contributed by atoms with E-state index in [1.165, 1.54) is 0 Å². The molecule has 0 aromatic carbocycles. The smallest absolute Gasteiger partial charge is 0.282 e. The monoisotopic (exact) mass is 379 g/mol. The molecular weight excluding hydrogens is 356 g/mol. The van der Waals surface area contributed by atoms with Crippen LogP contribution in [0.2, 0.25) is 0 Å². The van der Waals surface area contributed by atoms with Gasteiger partial charge in [-0.25, -0.2) is 13.8 Å². The number of alkyl halides is 2. The third-order valence-corrected chi connectivity index (χ3v) is 5.87. The van der Waals surface area contributed by atoms with Crippen molar-refractivity contribution in [3.8, 4) is 5.88 Å². The number of rotatable bonds is 5. The maximum absolute atomic E-state index is 13.3. The van der Waals surface area contributed by atoms with Crippen molar-refractivity contribution in [1.82, 2.24) is 9.88 Å². The normalized spacial score (nSPS) is 28.8. The molecule has 4 aliphatic rings. The van der Waals surface area contributed by atoms with Crippen LogP contribution >= 0.6 is 0 Å². The maximum Gasteiger partial charge on any atom is 0.282 e. The second kappa shape index (κ2) is 6.29. The zero-order chi connectivity index (χ0) is 18.6. The molecule has 6 nitrogen and oxygen atoms in total. The van der Waals surface area contributed by atoms with Crippen molar-refractivity contribution in [2.45, 2.75) is 43.7 Å². The highest BCUT2D eigenvalue weighted by Crippen LogP contribution is 2.38. The average molecular weight is 379 g/mol. The Kier molecular flexibility index (Phi) is 4.00. The lowest BCUT2D eigenvalue weighted by Gasteiger charge is -2.40. The van der Waals surface area contributed by atoms with Crippen LogP contribution in [0, 0.1) is 5.92 Å². The molecule has 1 amide bonds. The average Bonchev–Trinajstić information content (AvgIpc) is 3.42. The van der Waals surface area contributed by atoms with E-state index in [4.69, 9.17) is 9.47 Å². The molecule has 1 aromatic heterocycles. The zero-order valence-electron chi connectivity index (χ0n) is 15.1. The van der Waals surface area contributed by atoms with E-state index >= 15 is 0 Å². The molecule has 0 unspecified atom stereocenters. The summed E-state index contributed by atoms with van der Waals surface area (Å²) in [4.78, 5) is 20.9. The molecule has 27 heavy (non-hydrogen) atoms. The number of carbonyl (C=O) groups is 1. The van der Waals surface area contributed by atoms with Gasteiger partial charge in [-0.2, -0.15) is 0 Å². The SMILES string of the molecule is O=C(c1ccc(N2CC(F)(F)C2)c(OCC2CC2)n1)N1[C@@H]2CC[C@H]1COC2. The van der Waals surface area contributed by atoms with Gasteiger partial charge in [0.15, 0.2) is 0 Å². The Labute approximate surface area is 156 Å². The number of ether oxygens (including phenoxy) is 2. The number of carbonyl (C=O) groups excluding carboxylic acids is 1. The van der Waals surface area contributed by atoms with Gasteiger partial charge in [-0.3, -0.25) is 4.79 Å². The number of fused-ring (bicyclic) bond motifs is 2. The standard InChI is InChI=1S/C19H23F2N3O3/c20-19(21)10-23(11-19)16-6-5-15(22-17(16)27-7-12-1-2-12)18(25)24-13-3-4-14(24)9-26-8-13/h5-6,12-14H,1-4,7-11H2/t13-,14+. The first kappa shape index (κ1) is 17.2. The van der Waals surface area contributed by atoms with E-state index < -0.39 is 5.92 Å². The minimum absolute atomic E-state index is 0.0997. The predicted octanol–water partition coefficient (Wildman–Crippen LogP) is 2.33. The lowest BCUT2D eigenvalue weighted by molar-refractivity contribution is -0.0265. The molecule has 8 heteroatoms. The van der Waals surface area contributed by atoms with Crippen molar-refractivity contribution in [3.63, 3.8) is 0 Å². The van der Waals surface area contributed by atoms with Gasteiger partial charge in [0.05, 0.1) is 45.0 Å². The van der Waals surface area contributed by atoms with Crippen LogP contribution in [0.15, 0.2) is 12.1 Å². The van der Waals surface area contributed by atoms with Crippen LogP contribution in [0.25, 0.3) is 0 Å². The van der Waals surface area contributed by atoms with E-state index in [1.807, 2.05) is 4.90 Å². The van der Waals surface area contributed by atoms with Crippen LogP contribution in [-0.4, -0.2) is 66.7 Å². The summed E-state index contributed by atoms with van der Waals surface area (Å²) in [6.07, 6.45) is 4.13. The highest BCUT2D eigenvalue weighted by Gasteiger charge is 2.46. The Morgan fingerprint density at radius 2 is 1.89 bits per heavy atom. The second-order valence-corrected chi connectivity index (χ2v) is 8.12. The van der Waals surface area contributed by atoms with Crippen LogP contribution in [0.1, 0.15) is 36.2 Å². The molecule has 0 N–H and O–H groups in total. The van der Waals surface area contributed by atoms with Gasteiger partial charge < -0.3 is 19.3 Å². The number of nitrogens with zero attached hydrogens (tertiary/aromatic N) is 3. The highest BCUT2D eigenvalue weighted by molar-refractivity contribution is 5.93. The molecule has 3 aliphatic heterocycles. The topological polar surface area (TPSA) is 54.9 Å². The molecule has 1 aromatic rings. The summed E-state index contributed by atoms with van der Waals surface area (Å²) in [6, 6.07) is 3.53.